The first-order valence-electron chi connectivity index (χ1n) is 5.25. The minimum atomic E-state index is -4.31. The van der Waals surface area contributed by atoms with Crippen molar-refractivity contribution in [1.82, 2.24) is 0 Å². The molecule has 0 aliphatic heterocycles. The van der Waals surface area contributed by atoms with Crippen LogP contribution in [0.5, 0.6) is 0 Å². The Morgan fingerprint density at radius 1 is 1.00 bits per heavy atom. The van der Waals surface area contributed by atoms with Gasteiger partial charge in [0, 0.05) is 28.2 Å². The zero-order chi connectivity index (χ0) is 13.8. The van der Waals surface area contributed by atoms with E-state index in [9.17, 15) is 13.2 Å². The average molecular weight is 457 g/mol. The summed E-state index contributed by atoms with van der Waals surface area (Å²) in [6, 6.07) is 8.49. The van der Waals surface area contributed by atoms with Crippen LogP contribution in [0.25, 0.3) is 20.2 Å². The van der Waals surface area contributed by atoms with Crippen molar-refractivity contribution < 1.29 is 13.2 Å². The fraction of sp³-hybridized carbons (Fsp3) is 0.0769. The highest BCUT2D eigenvalue weighted by atomic mass is 127. The summed E-state index contributed by atoms with van der Waals surface area (Å²) < 4.78 is 41.8. The molecule has 19 heavy (non-hydrogen) atoms. The van der Waals surface area contributed by atoms with Gasteiger partial charge >= 0.3 is 6.18 Å². The summed E-state index contributed by atoms with van der Waals surface area (Å²) in [5.41, 5.74) is -0.566. The van der Waals surface area contributed by atoms with E-state index in [2.05, 4.69) is 15.9 Å². The van der Waals surface area contributed by atoms with E-state index in [1.807, 2.05) is 18.2 Å². The largest absolute Gasteiger partial charge is 0.417 e. The Bertz CT molecular complexity index is 792. The van der Waals surface area contributed by atoms with E-state index in [-0.39, 0.29) is 3.57 Å². The highest BCUT2D eigenvalue weighted by Gasteiger charge is 2.33. The molecule has 0 bridgehead atoms. The molecule has 1 aromatic heterocycles. The maximum atomic E-state index is 12.9. The molecule has 0 unspecified atom stereocenters. The molecule has 98 valence electrons. The van der Waals surface area contributed by atoms with Crippen molar-refractivity contribution in [3.05, 3.63) is 43.9 Å². The Balaban J connectivity index is 2.41. The van der Waals surface area contributed by atoms with Gasteiger partial charge in [-0.3, -0.25) is 0 Å². The topological polar surface area (TPSA) is 0 Å². The van der Waals surface area contributed by atoms with E-state index in [1.165, 1.54) is 17.4 Å². The number of thiophene rings is 1. The van der Waals surface area contributed by atoms with E-state index >= 15 is 0 Å². The van der Waals surface area contributed by atoms with Crippen LogP contribution >= 0.6 is 49.9 Å². The minimum Gasteiger partial charge on any atom is -0.166 e. The number of rotatable bonds is 0. The molecule has 0 N–H and O–H groups in total. The molecule has 0 amide bonds. The Hall–Kier alpha value is -0.340. The molecule has 6 heteroatoms. The minimum absolute atomic E-state index is 0.239. The van der Waals surface area contributed by atoms with Gasteiger partial charge in [0.25, 0.3) is 0 Å². The summed E-state index contributed by atoms with van der Waals surface area (Å²) in [6.45, 7) is 0. The first-order valence-corrected chi connectivity index (χ1v) is 7.93. The maximum absolute atomic E-state index is 12.9. The lowest BCUT2D eigenvalue weighted by Crippen LogP contribution is -2.06. The van der Waals surface area contributed by atoms with Gasteiger partial charge in [-0.15, -0.1) is 11.3 Å². The second-order valence-corrected chi connectivity index (χ2v) is 7.23. The number of alkyl halides is 3. The van der Waals surface area contributed by atoms with Gasteiger partial charge in [0.15, 0.2) is 0 Å². The van der Waals surface area contributed by atoms with Crippen LogP contribution in [-0.2, 0) is 6.18 Å². The molecule has 0 aliphatic carbocycles. The summed E-state index contributed by atoms with van der Waals surface area (Å²) in [5, 5.41) is 1.53. The van der Waals surface area contributed by atoms with Crippen LogP contribution in [0, 0.1) is 3.57 Å². The van der Waals surface area contributed by atoms with Crippen LogP contribution in [0.15, 0.2) is 34.8 Å². The summed E-state index contributed by atoms with van der Waals surface area (Å²) in [6.07, 6.45) is -4.31. The van der Waals surface area contributed by atoms with Crippen LogP contribution in [0.4, 0.5) is 13.2 Å². The van der Waals surface area contributed by atoms with Crippen molar-refractivity contribution in [3.8, 4) is 0 Å². The molecule has 0 nitrogen and oxygen atoms in total. The quantitative estimate of drug-likeness (QED) is 0.341. The van der Waals surface area contributed by atoms with E-state index in [4.69, 9.17) is 0 Å². The molecule has 0 aliphatic rings. The first kappa shape index (κ1) is 13.6. The zero-order valence-electron chi connectivity index (χ0n) is 9.18. The second-order valence-electron chi connectivity index (χ2n) is 4.07. The van der Waals surface area contributed by atoms with Crippen molar-refractivity contribution in [2.75, 3.05) is 0 Å². The van der Waals surface area contributed by atoms with Gasteiger partial charge in [-0.2, -0.15) is 13.2 Å². The standard InChI is InChI=1S/C13H5BrF3IS/c14-6-1-2-7-8-4-9(13(15,16)17)10(18)5-12(8)19-11(7)3-6/h1-5H. The molecule has 0 spiro atoms. The van der Waals surface area contributed by atoms with Crippen LogP contribution in [0.1, 0.15) is 5.56 Å². The molecule has 0 fully saturated rings. The maximum Gasteiger partial charge on any atom is 0.417 e. The van der Waals surface area contributed by atoms with Crippen molar-refractivity contribution >= 4 is 70.0 Å². The SMILES string of the molecule is FC(F)(F)c1cc2c(cc1I)sc1cc(Br)ccc12. The van der Waals surface area contributed by atoms with E-state index in [0.29, 0.717) is 5.39 Å². The number of fused-ring (bicyclic) bond motifs is 3. The molecule has 2 aromatic carbocycles. The highest BCUT2D eigenvalue weighted by Crippen LogP contribution is 2.41. The van der Waals surface area contributed by atoms with E-state index in [0.717, 1.165) is 19.3 Å². The highest BCUT2D eigenvalue weighted by molar-refractivity contribution is 14.1. The molecule has 0 radical (unpaired) electrons. The van der Waals surface area contributed by atoms with Gasteiger partial charge in [-0.25, -0.2) is 0 Å². The number of halogens is 5. The fourth-order valence-electron chi connectivity index (χ4n) is 1.99. The summed E-state index contributed by atoms with van der Waals surface area (Å²) in [7, 11) is 0. The van der Waals surface area contributed by atoms with E-state index in [1.54, 1.807) is 28.7 Å². The Labute approximate surface area is 132 Å². The summed E-state index contributed by atoms with van der Waals surface area (Å²) in [4.78, 5) is 0. The van der Waals surface area contributed by atoms with Gasteiger partial charge in [0.05, 0.1) is 5.56 Å². The third-order valence-electron chi connectivity index (χ3n) is 2.83. The summed E-state index contributed by atoms with van der Waals surface area (Å²) >= 11 is 6.63. The molecular weight excluding hydrogens is 452 g/mol. The lowest BCUT2D eigenvalue weighted by Gasteiger charge is -2.09. The predicted molar refractivity (Wildman–Crippen MR) is 84.8 cm³/mol. The number of hydrogen-bond donors (Lipinski definition) is 0. The molecule has 0 saturated carbocycles. The molecule has 0 saturated heterocycles. The monoisotopic (exact) mass is 456 g/mol. The fourth-order valence-corrected chi connectivity index (χ4v) is 4.65. The van der Waals surface area contributed by atoms with E-state index < -0.39 is 11.7 Å². The Morgan fingerprint density at radius 3 is 2.37 bits per heavy atom. The van der Waals surface area contributed by atoms with Gasteiger partial charge in [-0.05, 0) is 46.9 Å². The summed E-state index contributed by atoms with van der Waals surface area (Å²) in [5.74, 6) is 0. The third-order valence-corrected chi connectivity index (χ3v) is 5.33. The van der Waals surface area contributed by atoms with Gasteiger partial charge in [0.1, 0.15) is 0 Å². The molecular formula is C13H5BrF3IS. The van der Waals surface area contributed by atoms with Crippen molar-refractivity contribution in [2.45, 2.75) is 6.18 Å². The van der Waals surface area contributed by atoms with Crippen LogP contribution in [0.3, 0.4) is 0 Å². The van der Waals surface area contributed by atoms with Crippen molar-refractivity contribution in [3.63, 3.8) is 0 Å². The third kappa shape index (κ3) is 2.38. The predicted octanol–water partition coefficient (Wildman–Crippen LogP) is 6.44. The van der Waals surface area contributed by atoms with Crippen LogP contribution < -0.4 is 0 Å². The van der Waals surface area contributed by atoms with Gasteiger partial charge in [-0.1, -0.05) is 22.0 Å². The Kier molecular flexibility index (Phi) is 3.30. The molecule has 3 rings (SSSR count). The smallest absolute Gasteiger partial charge is 0.166 e. The molecule has 3 aromatic rings. The molecule has 0 atom stereocenters. The average Bonchev–Trinajstić information content (AvgIpc) is 2.62. The lowest BCUT2D eigenvalue weighted by atomic mass is 10.1. The van der Waals surface area contributed by atoms with Gasteiger partial charge < -0.3 is 0 Å². The van der Waals surface area contributed by atoms with Crippen LogP contribution in [0.2, 0.25) is 0 Å². The molecule has 1 heterocycles. The first-order chi connectivity index (χ1) is 8.86. The van der Waals surface area contributed by atoms with Crippen molar-refractivity contribution in [1.29, 1.82) is 0 Å². The Morgan fingerprint density at radius 2 is 1.68 bits per heavy atom. The lowest BCUT2D eigenvalue weighted by molar-refractivity contribution is -0.138. The van der Waals surface area contributed by atoms with Crippen LogP contribution in [-0.4, -0.2) is 0 Å². The number of benzene rings is 2. The second kappa shape index (κ2) is 4.60. The normalized spacial score (nSPS) is 12.5. The van der Waals surface area contributed by atoms with Crippen molar-refractivity contribution in [2.24, 2.45) is 0 Å². The number of hydrogen-bond acceptors (Lipinski definition) is 1. The van der Waals surface area contributed by atoms with Gasteiger partial charge in [0.2, 0.25) is 0 Å². The zero-order valence-corrected chi connectivity index (χ0v) is 13.7.